The van der Waals surface area contributed by atoms with Gasteiger partial charge in [-0.15, -0.1) is 24.0 Å². The van der Waals surface area contributed by atoms with E-state index in [1.807, 2.05) is 0 Å². The van der Waals surface area contributed by atoms with Crippen LogP contribution in [0.1, 0.15) is 46.5 Å². The molecular formula is C17H35IN4O2. The van der Waals surface area contributed by atoms with E-state index in [1.165, 1.54) is 0 Å². The van der Waals surface area contributed by atoms with E-state index in [9.17, 15) is 9.90 Å². The van der Waals surface area contributed by atoms with Crippen LogP contribution in [0.2, 0.25) is 0 Å². The van der Waals surface area contributed by atoms with Gasteiger partial charge in [0.15, 0.2) is 5.96 Å². The largest absolute Gasteiger partial charge is 0.396 e. The SMILES string of the molecule is CCNC(=NCC(C)(CC)CO)N1CCC(CC(=O)NC)CC1.I. The number of carbonyl (C=O) groups excluding carboxylic acids is 1. The molecule has 142 valence electrons. The van der Waals surface area contributed by atoms with Gasteiger partial charge in [0, 0.05) is 38.5 Å². The molecule has 0 aromatic rings. The van der Waals surface area contributed by atoms with Crippen LogP contribution in [-0.4, -0.2) is 61.7 Å². The van der Waals surface area contributed by atoms with Crippen LogP contribution >= 0.6 is 24.0 Å². The summed E-state index contributed by atoms with van der Waals surface area (Å²) in [5.41, 5.74) is -0.155. The fourth-order valence-corrected chi connectivity index (χ4v) is 2.68. The second-order valence-electron chi connectivity index (χ2n) is 6.80. The van der Waals surface area contributed by atoms with Gasteiger partial charge in [-0.2, -0.15) is 0 Å². The molecule has 1 aliphatic heterocycles. The summed E-state index contributed by atoms with van der Waals surface area (Å²) in [6, 6.07) is 0. The summed E-state index contributed by atoms with van der Waals surface area (Å²) in [4.78, 5) is 18.5. The third-order valence-corrected chi connectivity index (χ3v) is 4.85. The summed E-state index contributed by atoms with van der Waals surface area (Å²) in [5, 5.41) is 15.6. The lowest BCUT2D eigenvalue weighted by Crippen LogP contribution is -2.46. The van der Waals surface area contributed by atoms with Gasteiger partial charge >= 0.3 is 0 Å². The molecular weight excluding hydrogens is 419 g/mol. The third-order valence-electron chi connectivity index (χ3n) is 4.85. The number of aliphatic imine (C=N–C) groups is 1. The van der Waals surface area contributed by atoms with Crippen LogP contribution in [0.4, 0.5) is 0 Å². The molecule has 1 unspecified atom stereocenters. The summed E-state index contributed by atoms with van der Waals surface area (Å²) >= 11 is 0. The van der Waals surface area contributed by atoms with Crippen LogP contribution in [0.15, 0.2) is 4.99 Å². The van der Waals surface area contributed by atoms with Crippen LogP contribution in [0.25, 0.3) is 0 Å². The Morgan fingerprint density at radius 1 is 1.33 bits per heavy atom. The number of aliphatic hydroxyl groups excluding tert-OH is 1. The lowest BCUT2D eigenvalue weighted by atomic mass is 9.89. The number of carbonyl (C=O) groups is 1. The first kappa shape index (κ1) is 23.4. The molecule has 1 atom stereocenters. The monoisotopic (exact) mass is 454 g/mol. The average molecular weight is 454 g/mol. The molecule has 1 amide bonds. The molecule has 0 aliphatic carbocycles. The zero-order valence-corrected chi connectivity index (χ0v) is 17.9. The molecule has 0 radical (unpaired) electrons. The first-order valence-corrected chi connectivity index (χ1v) is 8.82. The normalized spacial score (nSPS) is 18.5. The molecule has 1 rings (SSSR count). The molecule has 0 aromatic carbocycles. The van der Waals surface area contributed by atoms with Gasteiger partial charge in [-0.3, -0.25) is 9.79 Å². The van der Waals surface area contributed by atoms with Gasteiger partial charge in [-0.25, -0.2) is 0 Å². The van der Waals surface area contributed by atoms with Gasteiger partial charge in [0.2, 0.25) is 5.91 Å². The van der Waals surface area contributed by atoms with Crippen molar-refractivity contribution < 1.29 is 9.90 Å². The maximum absolute atomic E-state index is 11.5. The zero-order chi connectivity index (χ0) is 17.3. The van der Waals surface area contributed by atoms with Crippen molar-refractivity contribution in [1.29, 1.82) is 0 Å². The first-order valence-electron chi connectivity index (χ1n) is 8.82. The van der Waals surface area contributed by atoms with Crippen molar-refractivity contribution in [2.75, 3.05) is 39.8 Å². The van der Waals surface area contributed by atoms with Crippen molar-refractivity contribution in [2.45, 2.75) is 46.5 Å². The van der Waals surface area contributed by atoms with Crippen molar-refractivity contribution in [1.82, 2.24) is 15.5 Å². The summed E-state index contributed by atoms with van der Waals surface area (Å²) < 4.78 is 0. The van der Waals surface area contributed by atoms with Crippen LogP contribution in [-0.2, 0) is 4.79 Å². The Morgan fingerprint density at radius 3 is 2.42 bits per heavy atom. The number of halogens is 1. The Hall–Kier alpha value is -0.570. The van der Waals surface area contributed by atoms with E-state index >= 15 is 0 Å². The van der Waals surface area contributed by atoms with Gasteiger partial charge in [0.25, 0.3) is 0 Å². The smallest absolute Gasteiger partial charge is 0.220 e. The third kappa shape index (κ3) is 7.55. The van der Waals surface area contributed by atoms with Crippen molar-refractivity contribution >= 4 is 35.8 Å². The molecule has 3 N–H and O–H groups in total. The topological polar surface area (TPSA) is 77.0 Å². The van der Waals surface area contributed by atoms with E-state index in [1.54, 1.807) is 7.05 Å². The molecule has 1 aliphatic rings. The minimum absolute atomic E-state index is 0. The number of nitrogens with zero attached hydrogens (tertiary/aromatic N) is 2. The van der Waals surface area contributed by atoms with Gasteiger partial charge in [0.05, 0.1) is 13.2 Å². The molecule has 1 saturated heterocycles. The van der Waals surface area contributed by atoms with Crippen LogP contribution < -0.4 is 10.6 Å². The predicted octanol–water partition coefficient (Wildman–Crippen LogP) is 1.83. The highest BCUT2D eigenvalue weighted by molar-refractivity contribution is 14.0. The zero-order valence-electron chi connectivity index (χ0n) is 15.6. The number of hydrogen-bond donors (Lipinski definition) is 3. The lowest BCUT2D eigenvalue weighted by molar-refractivity contribution is -0.121. The number of aliphatic hydroxyl groups is 1. The Balaban J connectivity index is 0.00000529. The highest BCUT2D eigenvalue weighted by Crippen LogP contribution is 2.22. The Morgan fingerprint density at radius 2 is 1.96 bits per heavy atom. The maximum Gasteiger partial charge on any atom is 0.220 e. The molecule has 6 nitrogen and oxygen atoms in total. The Kier molecular flexibility index (Phi) is 11.6. The lowest BCUT2D eigenvalue weighted by Gasteiger charge is -2.34. The number of guanidine groups is 1. The second kappa shape index (κ2) is 11.9. The maximum atomic E-state index is 11.5. The van der Waals surface area contributed by atoms with E-state index in [-0.39, 0.29) is 41.9 Å². The summed E-state index contributed by atoms with van der Waals surface area (Å²) in [7, 11) is 1.69. The second-order valence-corrected chi connectivity index (χ2v) is 6.80. The Bertz CT molecular complexity index is 392. The van der Waals surface area contributed by atoms with E-state index in [0.717, 1.165) is 44.9 Å². The minimum Gasteiger partial charge on any atom is -0.396 e. The molecule has 24 heavy (non-hydrogen) atoms. The van der Waals surface area contributed by atoms with Crippen molar-refractivity contribution in [2.24, 2.45) is 16.3 Å². The number of amides is 1. The molecule has 1 fully saturated rings. The minimum atomic E-state index is -0.155. The highest BCUT2D eigenvalue weighted by atomic mass is 127. The summed E-state index contributed by atoms with van der Waals surface area (Å²) in [5.74, 6) is 1.53. The fourth-order valence-electron chi connectivity index (χ4n) is 2.68. The van der Waals surface area contributed by atoms with Gasteiger partial charge in [-0.1, -0.05) is 13.8 Å². The van der Waals surface area contributed by atoms with E-state index in [0.29, 0.717) is 18.9 Å². The van der Waals surface area contributed by atoms with E-state index in [4.69, 9.17) is 4.99 Å². The van der Waals surface area contributed by atoms with Crippen molar-refractivity contribution in [3.63, 3.8) is 0 Å². The molecule has 0 aromatic heterocycles. The van der Waals surface area contributed by atoms with Gasteiger partial charge < -0.3 is 20.6 Å². The van der Waals surface area contributed by atoms with Crippen molar-refractivity contribution in [3.8, 4) is 0 Å². The van der Waals surface area contributed by atoms with Crippen molar-refractivity contribution in [3.05, 3.63) is 0 Å². The van der Waals surface area contributed by atoms with Crippen LogP contribution in [0, 0.1) is 11.3 Å². The average Bonchev–Trinajstić information content (AvgIpc) is 2.59. The quantitative estimate of drug-likeness (QED) is 0.312. The van der Waals surface area contributed by atoms with Crippen LogP contribution in [0.5, 0.6) is 0 Å². The standard InChI is InChI=1S/C17H34N4O2.HI/c1-5-17(3,13-22)12-20-16(19-6-2)21-9-7-14(8-10-21)11-15(23)18-4;/h14,22H,5-13H2,1-4H3,(H,18,23)(H,19,20);1H. The molecule has 0 bridgehead atoms. The van der Waals surface area contributed by atoms with E-state index in [2.05, 4.69) is 36.3 Å². The number of hydrogen-bond acceptors (Lipinski definition) is 3. The molecule has 1 heterocycles. The highest BCUT2D eigenvalue weighted by Gasteiger charge is 2.25. The molecule has 0 spiro atoms. The van der Waals surface area contributed by atoms with Crippen LogP contribution in [0.3, 0.4) is 0 Å². The van der Waals surface area contributed by atoms with Gasteiger partial charge in [-0.05, 0) is 32.1 Å². The molecule has 0 saturated carbocycles. The van der Waals surface area contributed by atoms with E-state index < -0.39 is 0 Å². The van der Waals surface area contributed by atoms with Gasteiger partial charge in [0.1, 0.15) is 0 Å². The number of piperidine rings is 1. The molecule has 7 heteroatoms. The summed E-state index contributed by atoms with van der Waals surface area (Å²) in [6.07, 6.45) is 3.56. The Labute approximate surface area is 163 Å². The number of likely N-dealkylation sites (tertiary alicyclic amines) is 1. The first-order chi connectivity index (χ1) is 11.0. The summed E-state index contributed by atoms with van der Waals surface area (Å²) in [6.45, 7) is 9.68. The predicted molar refractivity (Wildman–Crippen MR) is 110 cm³/mol. The number of rotatable bonds is 7. The fraction of sp³-hybridized carbons (Fsp3) is 0.882. The number of nitrogens with one attached hydrogen (secondary N) is 2.